The lowest BCUT2D eigenvalue weighted by Crippen LogP contribution is -1.97. The van der Waals surface area contributed by atoms with Crippen LogP contribution in [-0.2, 0) is 11.2 Å². The van der Waals surface area contributed by atoms with Gasteiger partial charge >= 0.3 is 5.97 Å². The number of phenolic OH excluding ortho intramolecular Hbond substituents is 1. The molecular weight excluding hydrogens is 204 g/mol. The van der Waals surface area contributed by atoms with Gasteiger partial charge in [0.2, 0.25) is 0 Å². The fraction of sp³-hybridized carbons (Fsp3) is 0.154. The Morgan fingerprint density at radius 3 is 2.75 bits per heavy atom. The Bertz CT molecular complexity index is 444. The zero-order chi connectivity index (χ0) is 12.1. The van der Waals surface area contributed by atoms with Gasteiger partial charge in [-0.2, -0.15) is 0 Å². The van der Waals surface area contributed by atoms with Crippen molar-refractivity contribution >= 4 is 12.0 Å². The van der Waals surface area contributed by atoms with E-state index in [2.05, 4.69) is 6.58 Å². The van der Waals surface area contributed by atoms with Gasteiger partial charge in [-0.3, -0.25) is 0 Å². The van der Waals surface area contributed by atoms with Gasteiger partial charge in [0.1, 0.15) is 5.75 Å². The summed E-state index contributed by atoms with van der Waals surface area (Å²) in [6.07, 6.45) is 3.72. The molecule has 16 heavy (non-hydrogen) atoms. The number of carboxylic acid groups (broad SMARTS) is 1. The van der Waals surface area contributed by atoms with Crippen LogP contribution in [0.4, 0.5) is 0 Å². The SMILES string of the molecule is C=CCc1c(O)cccc1/C=C(\C)C(=O)O. The zero-order valence-corrected chi connectivity index (χ0v) is 9.10. The lowest BCUT2D eigenvalue weighted by atomic mass is 10.0. The van der Waals surface area contributed by atoms with Crippen LogP contribution in [0.25, 0.3) is 6.08 Å². The highest BCUT2D eigenvalue weighted by atomic mass is 16.4. The van der Waals surface area contributed by atoms with E-state index in [-0.39, 0.29) is 11.3 Å². The predicted molar refractivity (Wildman–Crippen MR) is 63.3 cm³/mol. The number of aliphatic carboxylic acids is 1. The van der Waals surface area contributed by atoms with Crippen molar-refractivity contribution in [2.75, 3.05) is 0 Å². The third kappa shape index (κ3) is 2.73. The van der Waals surface area contributed by atoms with Crippen LogP contribution in [0, 0.1) is 0 Å². The summed E-state index contributed by atoms with van der Waals surface area (Å²) in [6, 6.07) is 5.03. The summed E-state index contributed by atoms with van der Waals surface area (Å²) in [6.45, 7) is 5.12. The molecule has 0 aliphatic rings. The van der Waals surface area contributed by atoms with E-state index in [1.807, 2.05) is 0 Å². The highest BCUT2D eigenvalue weighted by molar-refractivity contribution is 5.91. The molecule has 0 radical (unpaired) electrons. The minimum Gasteiger partial charge on any atom is -0.508 e. The smallest absolute Gasteiger partial charge is 0.331 e. The molecule has 1 aromatic rings. The Labute approximate surface area is 94.4 Å². The molecule has 0 aliphatic carbocycles. The maximum absolute atomic E-state index is 10.7. The highest BCUT2D eigenvalue weighted by Crippen LogP contribution is 2.23. The number of aromatic hydroxyl groups is 1. The standard InChI is InChI=1S/C13H14O3/c1-3-5-11-10(6-4-7-12(11)14)8-9(2)13(15)16/h3-4,6-8,14H,1,5H2,2H3,(H,15,16)/b9-8+. The van der Waals surface area contributed by atoms with Gasteiger partial charge < -0.3 is 10.2 Å². The van der Waals surface area contributed by atoms with E-state index in [1.54, 1.807) is 30.4 Å². The molecule has 3 heteroatoms. The van der Waals surface area contributed by atoms with Gasteiger partial charge in [-0.25, -0.2) is 4.79 Å². The zero-order valence-electron chi connectivity index (χ0n) is 9.10. The number of phenols is 1. The van der Waals surface area contributed by atoms with Gasteiger partial charge in [-0.1, -0.05) is 18.2 Å². The largest absolute Gasteiger partial charge is 0.508 e. The number of hydrogen-bond donors (Lipinski definition) is 2. The van der Waals surface area contributed by atoms with Crippen molar-refractivity contribution < 1.29 is 15.0 Å². The average Bonchev–Trinajstić information content (AvgIpc) is 2.23. The molecule has 0 atom stereocenters. The fourth-order valence-corrected chi connectivity index (χ4v) is 1.39. The van der Waals surface area contributed by atoms with Gasteiger partial charge in [0.25, 0.3) is 0 Å². The topological polar surface area (TPSA) is 57.5 Å². The lowest BCUT2D eigenvalue weighted by molar-refractivity contribution is -0.132. The molecule has 0 unspecified atom stereocenters. The highest BCUT2D eigenvalue weighted by Gasteiger charge is 2.06. The van der Waals surface area contributed by atoms with Crippen LogP contribution < -0.4 is 0 Å². The van der Waals surface area contributed by atoms with Crippen molar-refractivity contribution in [3.63, 3.8) is 0 Å². The van der Waals surface area contributed by atoms with E-state index in [4.69, 9.17) is 5.11 Å². The molecule has 2 N–H and O–H groups in total. The van der Waals surface area contributed by atoms with Gasteiger partial charge in [-0.05, 0) is 31.1 Å². The third-order valence-corrected chi connectivity index (χ3v) is 2.25. The number of rotatable bonds is 4. The minimum absolute atomic E-state index is 0.159. The first-order valence-corrected chi connectivity index (χ1v) is 4.89. The number of carbonyl (C=O) groups is 1. The molecule has 0 fully saturated rings. The van der Waals surface area contributed by atoms with Crippen molar-refractivity contribution in [3.8, 4) is 5.75 Å². The number of carboxylic acids is 1. The van der Waals surface area contributed by atoms with E-state index >= 15 is 0 Å². The van der Waals surface area contributed by atoms with Crippen LogP contribution in [0.2, 0.25) is 0 Å². The molecule has 84 valence electrons. The summed E-state index contributed by atoms with van der Waals surface area (Å²) < 4.78 is 0. The van der Waals surface area contributed by atoms with Crippen LogP contribution in [0.15, 0.2) is 36.4 Å². The molecular formula is C13H14O3. The molecule has 1 aromatic carbocycles. The summed E-state index contributed by atoms with van der Waals surface area (Å²) in [7, 11) is 0. The van der Waals surface area contributed by atoms with Gasteiger partial charge in [0, 0.05) is 11.1 Å². The minimum atomic E-state index is -0.965. The number of allylic oxidation sites excluding steroid dienone is 1. The third-order valence-electron chi connectivity index (χ3n) is 2.25. The van der Waals surface area contributed by atoms with E-state index < -0.39 is 5.97 Å². The van der Waals surface area contributed by atoms with E-state index in [0.29, 0.717) is 17.5 Å². The monoisotopic (exact) mass is 218 g/mol. The van der Waals surface area contributed by atoms with Crippen LogP contribution in [-0.4, -0.2) is 16.2 Å². The molecule has 1 rings (SSSR count). The maximum Gasteiger partial charge on any atom is 0.331 e. The number of hydrogen-bond acceptors (Lipinski definition) is 2. The van der Waals surface area contributed by atoms with E-state index in [1.165, 1.54) is 6.92 Å². The summed E-state index contributed by atoms with van der Waals surface area (Å²) >= 11 is 0. The first-order valence-electron chi connectivity index (χ1n) is 4.89. The molecule has 0 heterocycles. The van der Waals surface area contributed by atoms with Crippen LogP contribution >= 0.6 is 0 Å². The Morgan fingerprint density at radius 2 is 2.19 bits per heavy atom. The molecule has 3 nitrogen and oxygen atoms in total. The normalized spacial score (nSPS) is 11.2. The summed E-state index contributed by atoms with van der Waals surface area (Å²) in [5, 5.41) is 18.4. The summed E-state index contributed by atoms with van der Waals surface area (Å²) in [5.41, 5.74) is 1.63. The van der Waals surface area contributed by atoms with Crippen LogP contribution in [0.5, 0.6) is 5.75 Å². The average molecular weight is 218 g/mol. The second kappa shape index (κ2) is 5.16. The Balaban J connectivity index is 3.22. The van der Waals surface area contributed by atoms with Crippen molar-refractivity contribution in [1.29, 1.82) is 0 Å². The van der Waals surface area contributed by atoms with Gasteiger partial charge in [0.05, 0.1) is 0 Å². The van der Waals surface area contributed by atoms with Gasteiger partial charge in [-0.15, -0.1) is 6.58 Å². The molecule has 0 amide bonds. The second-order valence-electron chi connectivity index (χ2n) is 3.47. The van der Waals surface area contributed by atoms with E-state index in [0.717, 1.165) is 0 Å². The van der Waals surface area contributed by atoms with Crippen LogP contribution in [0.1, 0.15) is 18.1 Å². The first-order chi connectivity index (χ1) is 7.56. The Morgan fingerprint density at radius 1 is 1.50 bits per heavy atom. The van der Waals surface area contributed by atoms with Crippen molar-refractivity contribution in [2.45, 2.75) is 13.3 Å². The molecule has 0 saturated heterocycles. The van der Waals surface area contributed by atoms with Crippen molar-refractivity contribution in [2.24, 2.45) is 0 Å². The Kier molecular flexibility index (Phi) is 3.89. The maximum atomic E-state index is 10.7. The van der Waals surface area contributed by atoms with Crippen LogP contribution in [0.3, 0.4) is 0 Å². The quantitative estimate of drug-likeness (QED) is 0.603. The fourth-order valence-electron chi connectivity index (χ4n) is 1.39. The molecule has 0 spiro atoms. The first kappa shape index (κ1) is 12.0. The molecule has 0 saturated carbocycles. The molecule has 0 aliphatic heterocycles. The van der Waals surface area contributed by atoms with Crippen molar-refractivity contribution in [1.82, 2.24) is 0 Å². The van der Waals surface area contributed by atoms with Gasteiger partial charge in [0.15, 0.2) is 0 Å². The summed E-state index contributed by atoms with van der Waals surface area (Å²) in [4.78, 5) is 10.7. The molecule has 0 bridgehead atoms. The predicted octanol–water partition coefficient (Wildman–Crippen LogP) is 2.61. The lowest BCUT2D eigenvalue weighted by Gasteiger charge is -2.06. The Hall–Kier alpha value is -2.03. The van der Waals surface area contributed by atoms with Crippen molar-refractivity contribution in [3.05, 3.63) is 47.6 Å². The summed E-state index contributed by atoms with van der Waals surface area (Å²) in [5.74, 6) is -0.806. The second-order valence-corrected chi connectivity index (χ2v) is 3.47. The number of benzene rings is 1. The molecule has 0 aromatic heterocycles. The van der Waals surface area contributed by atoms with E-state index in [9.17, 15) is 9.90 Å².